The van der Waals surface area contributed by atoms with Crippen LogP contribution in [-0.2, 0) is 16.0 Å². The molecule has 2 amide bonds. The highest BCUT2D eigenvalue weighted by Crippen LogP contribution is 2.31. The number of rotatable bonds is 7. The molecule has 2 heterocycles. The summed E-state index contributed by atoms with van der Waals surface area (Å²) < 4.78 is 5.43. The molecule has 0 aromatic heterocycles. The molecule has 1 saturated heterocycles. The van der Waals surface area contributed by atoms with Crippen LogP contribution < -0.4 is 25.8 Å². The number of anilines is 2. The first kappa shape index (κ1) is 22.3. The van der Waals surface area contributed by atoms with Crippen LogP contribution in [0.25, 0.3) is 0 Å². The number of thioether (sulfide) groups is 1. The van der Waals surface area contributed by atoms with Gasteiger partial charge in [0.2, 0.25) is 11.8 Å². The maximum Gasteiger partial charge on any atom is 0.241 e. The van der Waals surface area contributed by atoms with Crippen molar-refractivity contribution < 1.29 is 14.3 Å². The third-order valence-electron chi connectivity index (χ3n) is 5.33. The minimum atomic E-state index is -0.329. The van der Waals surface area contributed by atoms with Crippen molar-refractivity contribution in [1.29, 1.82) is 0 Å². The van der Waals surface area contributed by atoms with Crippen molar-refractivity contribution in [1.82, 2.24) is 10.9 Å². The van der Waals surface area contributed by atoms with Crippen LogP contribution in [0.4, 0.5) is 11.4 Å². The monoisotopic (exact) mass is 453 g/mol. The molecule has 0 aliphatic carbocycles. The maximum absolute atomic E-state index is 13.3. The predicted octanol–water partition coefficient (Wildman–Crippen LogP) is 2.77. The Hall–Kier alpha value is -2.88. The van der Waals surface area contributed by atoms with Gasteiger partial charge in [-0.15, -0.1) is 0 Å². The third kappa shape index (κ3) is 4.79. The molecule has 2 atom stereocenters. The Morgan fingerprint density at radius 2 is 2.00 bits per heavy atom. The summed E-state index contributed by atoms with van der Waals surface area (Å²) in [5.41, 5.74) is 8.65. The third-order valence-corrected chi connectivity index (χ3v) is 6.28. The molecule has 9 heteroatoms. The summed E-state index contributed by atoms with van der Waals surface area (Å²) in [4.78, 5) is 32.4. The van der Waals surface area contributed by atoms with E-state index in [1.54, 1.807) is 17.0 Å². The highest BCUT2D eigenvalue weighted by Gasteiger charge is 2.42. The van der Waals surface area contributed by atoms with Crippen LogP contribution in [-0.4, -0.2) is 42.1 Å². The van der Waals surface area contributed by atoms with E-state index in [-0.39, 0.29) is 29.7 Å². The number of amides is 2. The second-order valence-corrected chi connectivity index (χ2v) is 8.38. The van der Waals surface area contributed by atoms with Crippen molar-refractivity contribution in [2.75, 3.05) is 29.1 Å². The number of carbonyl (C=O) groups excluding carboxylic acids is 2. The highest BCUT2D eigenvalue weighted by atomic mass is 32.2. The molecule has 2 aliphatic heterocycles. The fourth-order valence-corrected chi connectivity index (χ4v) is 4.58. The second kappa shape index (κ2) is 10.2. The van der Waals surface area contributed by atoms with Crippen molar-refractivity contribution >= 4 is 40.1 Å². The summed E-state index contributed by atoms with van der Waals surface area (Å²) in [6, 6.07) is 15.1. The van der Waals surface area contributed by atoms with E-state index in [0.29, 0.717) is 24.0 Å². The van der Waals surface area contributed by atoms with Gasteiger partial charge in [-0.1, -0.05) is 36.9 Å². The number of aliphatic imine (C=N–C) groups is 1. The molecule has 0 spiro atoms. The van der Waals surface area contributed by atoms with E-state index < -0.39 is 0 Å². The van der Waals surface area contributed by atoms with E-state index in [4.69, 9.17) is 9.73 Å². The van der Waals surface area contributed by atoms with Crippen molar-refractivity contribution in [2.24, 2.45) is 10.9 Å². The van der Waals surface area contributed by atoms with E-state index in [9.17, 15) is 9.59 Å². The van der Waals surface area contributed by atoms with Gasteiger partial charge in [0.05, 0.1) is 24.0 Å². The van der Waals surface area contributed by atoms with Crippen LogP contribution in [0.15, 0.2) is 53.5 Å². The SMILES string of the molecule is CCOc1ccc(NC(=O)CSC2=NC3NNCC3C(=O)N2c2ccccc2CC)cc1. The summed E-state index contributed by atoms with van der Waals surface area (Å²) in [5, 5.41) is 3.41. The van der Waals surface area contributed by atoms with Gasteiger partial charge in [-0.25, -0.2) is 10.4 Å². The standard InChI is InChI=1S/C23H27N5O3S/c1-3-15-7-5-6-8-19(15)28-22(30)18-13-24-27-21(18)26-23(28)32-14-20(29)25-16-9-11-17(12-10-16)31-4-2/h5-12,18,21,24,27H,3-4,13-14H2,1-2H3,(H,25,29). The molecule has 0 bridgehead atoms. The van der Waals surface area contributed by atoms with E-state index in [2.05, 4.69) is 23.1 Å². The summed E-state index contributed by atoms with van der Waals surface area (Å²) in [6.45, 7) is 5.09. The normalized spacial score (nSPS) is 20.0. The molecule has 0 radical (unpaired) electrons. The Kier molecular flexibility index (Phi) is 7.09. The van der Waals surface area contributed by atoms with Crippen LogP contribution >= 0.6 is 11.8 Å². The van der Waals surface area contributed by atoms with Crippen LogP contribution in [0.1, 0.15) is 19.4 Å². The minimum Gasteiger partial charge on any atom is -0.494 e. The first-order chi connectivity index (χ1) is 15.6. The van der Waals surface area contributed by atoms with Crippen LogP contribution in [0.3, 0.4) is 0 Å². The van der Waals surface area contributed by atoms with Crippen molar-refractivity contribution in [3.8, 4) is 5.75 Å². The van der Waals surface area contributed by atoms with Crippen LogP contribution in [0, 0.1) is 5.92 Å². The number of amidine groups is 1. The van der Waals surface area contributed by atoms with E-state index >= 15 is 0 Å². The molecule has 2 aliphatic rings. The zero-order valence-electron chi connectivity index (χ0n) is 18.1. The molecule has 32 heavy (non-hydrogen) atoms. The number of aryl methyl sites for hydroxylation is 1. The number of hydrogen-bond acceptors (Lipinski definition) is 7. The lowest BCUT2D eigenvalue weighted by molar-refractivity contribution is -0.121. The molecule has 8 nitrogen and oxygen atoms in total. The van der Waals surface area contributed by atoms with Crippen molar-refractivity contribution in [3.05, 3.63) is 54.1 Å². The van der Waals surface area contributed by atoms with Gasteiger partial charge in [0.25, 0.3) is 0 Å². The van der Waals surface area contributed by atoms with Gasteiger partial charge >= 0.3 is 0 Å². The molecule has 0 saturated carbocycles. The van der Waals surface area contributed by atoms with Gasteiger partial charge in [0, 0.05) is 12.2 Å². The average molecular weight is 454 g/mol. The summed E-state index contributed by atoms with van der Waals surface area (Å²) in [6.07, 6.45) is 0.463. The smallest absolute Gasteiger partial charge is 0.241 e. The van der Waals surface area contributed by atoms with Gasteiger partial charge in [-0.3, -0.25) is 19.9 Å². The van der Waals surface area contributed by atoms with Gasteiger partial charge in [0.15, 0.2) is 5.17 Å². The highest BCUT2D eigenvalue weighted by molar-refractivity contribution is 8.14. The zero-order valence-corrected chi connectivity index (χ0v) is 18.9. The van der Waals surface area contributed by atoms with Gasteiger partial charge < -0.3 is 10.1 Å². The number of nitrogens with zero attached hydrogens (tertiary/aromatic N) is 2. The lowest BCUT2D eigenvalue weighted by Gasteiger charge is -2.33. The number of para-hydroxylation sites is 1. The Morgan fingerprint density at radius 3 is 2.75 bits per heavy atom. The lowest BCUT2D eigenvalue weighted by Crippen LogP contribution is -2.50. The fourth-order valence-electron chi connectivity index (χ4n) is 3.75. The van der Waals surface area contributed by atoms with Crippen LogP contribution in [0.2, 0.25) is 0 Å². The summed E-state index contributed by atoms with van der Waals surface area (Å²) in [5.74, 6) is 0.430. The summed E-state index contributed by atoms with van der Waals surface area (Å²) in [7, 11) is 0. The number of hydrazine groups is 1. The summed E-state index contributed by atoms with van der Waals surface area (Å²) >= 11 is 1.26. The molecular formula is C23H27N5O3S. The van der Waals surface area contributed by atoms with Gasteiger partial charge in [0.1, 0.15) is 11.9 Å². The quantitative estimate of drug-likeness (QED) is 0.597. The molecule has 4 rings (SSSR count). The number of carbonyl (C=O) groups is 2. The lowest BCUT2D eigenvalue weighted by atomic mass is 10.0. The average Bonchev–Trinajstić information content (AvgIpc) is 3.28. The number of benzene rings is 2. The number of fused-ring (bicyclic) bond motifs is 1. The Morgan fingerprint density at radius 1 is 1.22 bits per heavy atom. The van der Waals surface area contributed by atoms with Gasteiger partial charge in [-0.2, -0.15) is 0 Å². The second-order valence-electron chi connectivity index (χ2n) is 7.44. The largest absolute Gasteiger partial charge is 0.494 e. The van der Waals surface area contributed by atoms with E-state index in [0.717, 1.165) is 23.4 Å². The van der Waals surface area contributed by atoms with Crippen molar-refractivity contribution in [2.45, 2.75) is 26.4 Å². The molecule has 168 valence electrons. The molecular weight excluding hydrogens is 426 g/mol. The topological polar surface area (TPSA) is 95.1 Å². The molecule has 3 N–H and O–H groups in total. The van der Waals surface area contributed by atoms with E-state index in [1.807, 2.05) is 43.3 Å². The molecule has 1 fully saturated rings. The molecule has 2 unspecified atom stereocenters. The first-order valence-electron chi connectivity index (χ1n) is 10.7. The number of nitrogens with one attached hydrogen (secondary N) is 3. The van der Waals surface area contributed by atoms with Gasteiger partial charge in [-0.05, 0) is 49.2 Å². The molecule has 2 aromatic rings. The molecule has 2 aromatic carbocycles. The Labute approximate surface area is 191 Å². The Balaban J connectivity index is 1.49. The van der Waals surface area contributed by atoms with Crippen molar-refractivity contribution in [3.63, 3.8) is 0 Å². The Bertz CT molecular complexity index is 1010. The first-order valence-corrected chi connectivity index (χ1v) is 11.7. The van der Waals surface area contributed by atoms with Crippen LogP contribution in [0.5, 0.6) is 5.75 Å². The van der Waals surface area contributed by atoms with E-state index in [1.165, 1.54) is 11.8 Å². The zero-order chi connectivity index (χ0) is 22.5. The minimum absolute atomic E-state index is 0.0159. The fraction of sp³-hybridized carbons (Fsp3) is 0.348. The number of hydrogen-bond donors (Lipinski definition) is 3. The maximum atomic E-state index is 13.3. The predicted molar refractivity (Wildman–Crippen MR) is 128 cm³/mol. The number of ether oxygens (including phenoxy) is 1.